The van der Waals surface area contributed by atoms with Crippen LogP contribution in [0.15, 0.2) is 24.3 Å². The molecule has 0 aromatic heterocycles. The van der Waals surface area contributed by atoms with Crippen molar-refractivity contribution in [2.24, 2.45) is 0 Å². The van der Waals surface area contributed by atoms with Gasteiger partial charge in [0, 0.05) is 12.0 Å². The van der Waals surface area contributed by atoms with Crippen LogP contribution in [0.3, 0.4) is 0 Å². The quantitative estimate of drug-likeness (QED) is 0.753. The second kappa shape index (κ2) is 5.51. The second-order valence-electron chi connectivity index (χ2n) is 3.46. The first kappa shape index (κ1) is 11.7. The largest absolute Gasteiger partial charge is 0.491 e. The number of hydrogen-bond acceptors (Lipinski definition) is 3. The summed E-state index contributed by atoms with van der Waals surface area (Å²) in [6.45, 7) is 3.76. The predicted octanol–water partition coefficient (Wildman–Crippen LogP) is 2.04. The molecule has 3 heteroatoms. The van der Waals surface area contributed by atoms with Crippen molar-refractivity contribution in [3.05, 3.63) is 29.8 Å². The Hall–Kier alpha value is -1.35. The molecule has 15 heavy (non-hydrogen) atoms. The summed E-state index contributed by atoms with van der Waals surface area (Å²) < 4.78 is 5.27. The van der Waals surface area contributed by atoms with Gasteiger partial charge in [-0.2, -0.15) is 0 Å². The molecule has 0 fully saturated rings. The summed E-state index contributed by atoms with van der Waals surface area (Å²) in [5.41, 5.74) is 0.696. The van der Waals surface area contributed by atoms with Gasteiger partial charge in [-0.1, -0.05) is 6.92 Å². The van der Waals surface area contributed by atoms with Crippen molar-refractivity contribution in [1.29, 1.82) is 0 Å². The van der Waals surface area contributed by atoms with Crippen LogP contribution in [-0.4, -0.2) is 23.6 Å². The number of carbonyl (C=O) groups excluding carboxylic acids is 1. The normalized spacial score (nSPS) is 12.2. The topological polar surface area (TPSA) is 46.5 Å². The fraction of sp³-hybridized carbons (Fsp3) is 0.417. The van der Waals surface area contributed by atoms with Crippen LogP contribution in [-0.2, 0) is 0 Å². The van der Waals surface area contributed by atoms with Gasteiger partial charge >= 0.3 is 0 Å². The molecule has 0 amide bonds. The van der Waals surface area contributed by atoms with Crippen molar-refractivity contribution in [1.82, 2.24) is 0 Å². The van der Waals surface area contributed by atoms with Crippen LogP contribution in [0.5, 0.6) is 5.75 Å². The van der Waals surface area contributed by atoms with Crippen LogP contribution in [0, 0.1) is 0 Å². The van der Waals surface area contributed by atoms with Gasteiger partial charge in [0.15, 0.2) is 5.78 Å². The van der Waals surface area contributed by atoms with Crippen molar-refractivity contribution < 1.29 is 14.6 Å². The van der Waals surface area contributed by atoms with Crippen LogP contribution in [0.1, 0.15) is 30.6 Å². The second-order valence-corrected chi connectivity index (χ2v) is 3.46. The molecule has 0 aliphatic carbocycles. The molecule has 1 rings (SSSR count). The molecule has 0 saturated heterocycles. The molecule has 0 spiro atoms. The van der Waals surface area contributed by atoms with Crippen LogP contribution >= 0.6 is 0 Å². The number of aliphatic hydroxyl groups is 1. The molecule has 0 heterocycles. The lowest BCUT2D eigenvalue weighted by Crippen LogP contribution is -2.12. The number of aliphatic hydroxyl groups excluding tert-OH is 1. The van der Waals surface area contributed by atoms with Gasteiger partial charge in [0.1, 0.15) is 12.4 Å². The Morgan fingerprint density at radius 1 is 1.40 bits per heavy atom. The highest BCUT2D eigenvalue weighted by Crippen LogP contribution is 2.13. The number of benzene rings is 1. The van der Waals surface area contributed by atoms with Gasteiger partial charge in [0.25, 0.3) is 0 Å². The van der Waals surface area contributed by atoms with Crippen molar-refractivity contribution in [2.75, 3.05) is 6.61 Å². The van der Waals surface area contributed by atoms with Crippen LogP contribution in [0.25, 0.3) is 0 Å². The fourth-order valence-electron chi connectivity index (χ4n) is 1.16. The number of hydrogen-bond donors (Lipinski definition) is 1. The van der Waals surface area contributed by atoms with Gasteiger partial charge in [-0.3, -0.25) is 4.79 Å². The molecule has 1 atom stereocenters. The van der Waals surface area contributed by atoms with Crippen LogP contribution in [0.2, 0.25) is 0 Å². The Balaban J connectivity index is 2.60. The minimum atomic E-state index is -0.484. The van der Waals surface area contributed by atoms with E-state index < -0.39 is 6.10 Å². The van der Waals surface area contributed by atoms with Crippen molar-refractivity contribution in [2.45, 2.75) is 26.4 Å². The van der Waals surface area contributed by atoms with E-state index in [9.17, 15) is 4.79 Å². The molecule has 0 bridgehead atoms. The summed E-state index contributed by atoms with van der Waals surface area (Å²) in [5, 5.41) is 9.02. The van der Waals surface area contributed by atoms with Crippen molar-refractivity contribution in [3.63, 3.8) is 0 Å². The molecule has 82 valence electrons. The van der Waals surface area contributed by atoms with E-state index in [0.29, 0.717) is 17.7 Å². The molecule has 1 aromatic rings. The van der Waals surface area contributed by atoms with Gasteiger partial charge in [0.2, 0.25) is 0 Å². The Morgan fingerprint density at radius 2 is 2.00 bits per heavy atom. The first-order chi connectivity index (χ1) is 7.13. The van der Waals surface area contributed by atoms with E-state index >= 15 is 0 Å². The third kappa shape index (κ3) is 3.72. The number of carbonyl (C=O) groups is 1. The predicted molar refractivity (Wildman–Crippen MR) is 58.2 cm³/mol. The minimum Gasteiger partial charge on any atom is -0.491 e. The summed E-state index contributed by atoms with van der Waals surface area (Å²) in [7, 11) is 0. The molecule has 0 aliphatic heterocycles. The maximum Gasteiger partial charge on any atom is 0.162 e. The van der Waals surface area contributed by atoms with Gasteiger partial charge in [-0.05, 0) is 31.2 Å². The van der Waals surface area contributed by atoms with Gasteiger partial charge in [-0.25, -0.2) is 0 Å². The maximum absolute atomic E-state index is 11.3. The monoisotopic (exact) mass is 208 g/mol. The highest BCUT2D eigenvalue weighted by molar-refractivity contribution is 5.95. The zero-order valence-corrected chi connectivity index (χ0v) is 9.06. The number of ketones is 1. The van der Waals surface area contributed by atoms with Gasteiger partial charge in [-0.15, -0.1) is 0 Å². The van der Waals surface area contributed by atoms with E-state index in [4.69, 9.17) is 9.84 Å². The van der Waals surface area contributed by atoms with E-state index in [0.717, 1.165) is 0 Å². The van der Waals surface area contributed by atoms with Crippen LogP contribution < -0.4 is 4.74 Å². The fourth-order valence-corrected chi connectivity index (χ4v) is 1.16. The zero-order valence-electron chi connectivity index (χ0n) is 9.06. The van der Waals surface area contributed by atoms with Gasteiger partial charge in [0.05, 0.1) is 6.10 Å². The lowest BCUT2D eigenvalue weighted by atomic mass is 10.1. The highest BCUT2D eigenvalue weighted by Gasteiger charge is 2.03. The Bertz CT molecular complexity index is 314. The molecule has 0 saturated carbocycles. The molecule has 1 aromatic carbocycles. The van der Waals surface area contributed by atoms with E-state index in [1.165, 1.54) is 0 Å². The molecule has 1 N–H and O–H groups in total. The van der Waals surface area contributed by atoms with E-state index in [-0.39, 0.29) is 12.4 Å². The number of rotatable bonds is 5. The molecule has 0 aliphatic rings. The van der Waals surface area contributed by atoms with E-state index in [2.05, 4.69) is 0 Å². The molecular weight excluding hydrogens is 192 g/mol. The molecular formula is C12H16O3. The summed E-state index contributed by atoms with van der Waals surface area (Å²) in [6.07, 6.45) is 0.0235. The zero-order chi connectivity index (χ0) is 11.3. The third-order valence-corrected chi connectivity index (χ3v) is 1.99. The first-order valence-corrected chi connectivity index (χ1v) is 5.07. The first-order valence-electron chi connectivity index (χ1n) is 5.07. The summed E-state index contributed by atoms with van der Waals surface area (Å²) in [4.78, 5) is 11.3. The number of ether oxygens (including phenoxy) is 1. The minimum absolute atomic E-state index is 0.122. The Kier molecular flexibility index (Phi) is 4.31. The highest BCUT2D eigenvalue weighted by atomic mass is 16.5. The molecule has 0 radical (unpaired) electrons. The summed E-state index contributed by atoms with van der Waals surface area (Å²) >= 11 is 0. The average Bonchev–Trinajstić information content (AvgIpc) is 2.26. The SMILES string of the molecule is CCC(=O)c1ccc(OCC(C)O)cc1. The lowest BCUT2D eigenvalue weighted by Gasteiger charge is -2.08. The average molecular weight is 208 g/mol. The van der Waals surface area contributed by atoms with E-state index in [1.807, 2.05) is 6.92 Å². The standard InChI is InChI=1S/C12H16O3/c1-3-12(14)10-4-6-11(7-5-10)15-8-9(2)13/h4-7,9,13H,3,8H2,1-2H3. The molecule has 1 unspecified atom stereocenters. The summed E-state index contributed by atoms with van der Waals surface area (Å²) in [5.74, 6) is 0.792. The Labute approximate surface area is 89.7 Å². The van der Waals surface area contributed by atoms with Crippen molar-refractivity contribution in [3.8, 4) is 5.75 Å². The van der Waals surface area contributed by atoms with Gasteiger partial charge < -0.3 is 9.84 Å². The Morgan fingerprint density at radius 3 is 2.47 bits per heavy atom. The molecule has 3 nitrogen and oxygen atoms in total. The van der Waals surface area contributed by atoms with E-state index in [1.54, 1.807) is 31.2 Å². The third-order valence-electron chi connectivity index (χ3n) is 1.99. The van der Waals surface area contributed by atoms with Crippen molar-refractivity contribution >= 4 is 5.78 Å². The lowest BCUT2D eigenvalue weighted by molar-refractivity contribution is 0.0987. The smallest absolute Gasteiger partial charge is 0.162 e. The number of Topliss-reactive ketones (excluding diaryl/α,β-unsaturated/α-hetero) is 1. The maximum atomic E-state index is 11.3. The summed E-state index contributed by atoms with van der Waals surface area (Å²) in [6, 6.07) is 6.96. The van der Waals surface area contributed by atoms with Crippen LogP contribution in [0.4, 0.5) is 0 Å².